The summed E-state index contributed by atoms with van der Waals surface area (Å²) >= 11 is 0. The number of hydrogen-bond acceptors (Lipinski definition) is 4. The molecule has 0 unspecified atom stereocenters. The zero-order valence-electron chi connectivity index (χ0n) is 14.2. The SMILES string of the molecule is c1cc2c(nc1C1CCN(CC3CCNCC3)CC1)NCCC2. The number of aromatic nitrogens is 1. The largest absolute Gasteiger partial charge is 0.370 e. The fourth-order valence-electron chi connectivity index (χ4n) is 4.41. The molecule has 0 radical (unpaired) electrons. The van der Waals surface area contributed by atoms with E-state index in [4.69, 9.17) is 4.98 Å². The molecule has 0 spiro atoms. The third kappa shape index (κ3) is 3.69. The molecular formula is C19H30N4. The first-order chi connectivity index (χ1) is 11.4. The molecule has 0 atom stereocenters. The Morgan fingerprint density at radius 1 is 1.04 bits per heavy atom. The minimum atomic E-state index is 0.660. The van der Waals surface area contributed by atoms with Crippen LogP contribution in [0.25, 0.3) is 0 Å². The second-order valence-electron chi connectivity index (χ2n) is 7.54. The first kappa shape index (κ1) is 15.4. The molecule has 2 saturated heterocycles. The summed E-state index contributed by atoms with van der Waals surface area (Å²) in [5.74, 6) is 2.73. The van der Waals surface area contributed by atoms with Crippen molar-refractivity contribution in [3.05, 3.63) is 23.4 Å². The first-order valence-electron chi connectivity index (χ1n) is 9.55. The van der Waals surface area contributed by atoms with Crippen LogP contribution in [0.1, 0.15) is 49.3 Å². The van der Waals surface area contributed by atoms with Gasteiger partial charge in [-0.1, -0.05) is 6.07 Å². The van der Waals surface area contributed by atoms with Crippen LogP contribution in [0, 0.1) is 5.92 Å². The molecular weight excluding hydrogens is 284 g/mol. The van der Waals surface area contributed by atoms with Crippen molar-refractivity contribution in [3.63, 3.8) is 0 Å². The summed E-state index contributed by atoms with van der Waals surface area (Å²) in [5, 5.41) is 6.95. The van der Waals surface area contributed by atoms with Crippen molar-refractivity contribution < 1.29 is 0 Å². The predicted molar refractivity (Wildman–Crippen MR) is 95.1 cm³/mol. The Morgan fingerprint density at radius 2 is 1.87 bits per heavy atom. The molecule has 2 N–H and O–H groups in total. The van der Waals surface area contributed by atoms with Gasteiger partial charge in [-0.15, -0.1) is 0 Å². The van der Waals surface area contributed by atoms with Gasteiger partial charge in [0.25, 0.3) is 0 Å². The predicted octanol–water partition coefficient (Wildman–Crippen LogP) is 2.62. The first-order valence-corrected chi connectivity index (χ1v) is 9.55. The Morgan fingerprint density at radius 3 is 2.70 bits per heavy atom. The maximum atomic E-state index is 4.94. The van der Waals surface area contributed by atoms with Gasteiger partial charge in [0.15, 0.2) is 0 Å². The molecule has 4 heterocycles. The smallest absolute Gasteiger partial charge is 0.129 e. The number of likely N-dealkylation sites (tertiary alicyclic amines) is 1. The molecule has 4 rings (SSSR count). The molecule has 1 aromatic heterocycles. The van der Waals surface area contributed by atoms with Crippen LogP contribution in [-0.4, -0.2) is 49.2 Å². The topological polar surface area (TPSA) is 40.2 Å². The number of anilines is 1. The molecule has 0 saturated carbocycles. The third-order valence-corrected chi connectivity index (χ3v) is 5.90. The van der Waals surface area contributed by atoms with E-state index < -0.39 is 0 Å². The van der Waals surface area contributed by atoms with Crippen molar-refractivity contribution in [3.8, 4) is 0 Å². The van der Waals surface area contributed by atoms with Gasteiger partial charge in [-0.05, 0) is 82.3 Å². The van der Waals surface area contributed by atoms with E-state index in [0.717, 1.165) is 18.3 Å². The fraction of sp³-hybridized carbons (Fsp3) is 0.737. The second-order valence-corrected chi connectivity index (χ2v) is 7.54. The molecule has 126 valence electrons. The molecule has 2 fully saturated rings. The van der Waals surface area contributed by atoms with Crippen molar-refractivity contribution in [2.24, 2.45) is 5.92 Å². The number of pyridine rings is 1. The molecule has 1 aromatic rings. The number of fused-ring (bicyclic) bond motifs is 1. The standard InChI is InChI=1S/C19H30N4/c1-2-17-3-4-18(22-19(17)21-9-1)16-7-12-23(13-8-16)14-15-5-10-20-11-6-15/h3-4,15-16,20H,1-2,5-14H2,(H,21,22). The van der Waals surface area contributed by atoms with E-state index in [0.29, 0.717) is 5.92 Å². The van der Waals surface area contributed by atoms with Gasteiger partial charge in [0.05, 0.1) is 0 Å². The zero-order valence-corrected chi connectivity index (χ0v) is 14.2. The van der Waals surface area contributed by atoms with E-state index in [-0.39, 0.29) is 0 Å². The molecule has 0 amide bonds. The van der Waals surface area contributed by atoms with E-state index in [9.17, 15) is 0 Å². The van der Waals surface area contributed by atoms with Crippen molar-refractivity contribution >= 4 is 5.82 Å². The van der Waals surface area contributed by atoms with Gasteiger partial charge in [0.1, 0.15) is 5.82 Å². The van der Waals surface area contributed by atoms with Crippen LogP contribution in [0.15, 0.2) is 12.1 Å². The monoisotopic (exact) mass is 314 g/mol. The second kappa shape index (κ2) is 7.18. The molecule has 0 aromatic carbocycles. The van der Waals surface area contributed by atoms with Gasteiger partial charge in [-0.2, -0.15) is 0 Å². The molecule has 4 nitrogen and oxygen atoms in total. The van der Waals surface area contributed by atoms with E-state index in [2.05, 4.69) is 27.7 Å². The average molecular weight is 314 g/mol. The minimum Gasteiger partial charge on any atom is -0.370 e. The van der Waals surface area contributed by atoms with Crippen LogP contribution >= 0.6 is 0 Å². The maximum absolute atomic E-state index is 4.94. The molecule has 23 heavy (non-hydrogen) atoms. The van der Waals surface area contributed by atoms with Crippen molar-refractivity contribution in [1.82, 2.24) is 15.2 Å². The van der Waals surface area contributed by atoms with Gasteiger partial charge in [-0.3, -0.25) is 0 Å². The Kier molecular flexibility index (Phi) is 4.81. The lowest BCUT2D eigenvalue weighted by molar-refractivity contribution is 0.166. The summed E-state index contributed by atoms with van der Waals surface area (Å²) in [4.78, 5) is 7.64. The quantitative estimate of drug-likeness (QED) is 0.900. The Hall–Kier alpha value is -1.13. The number of nitrogens with one attached hydrogen (secondary N) is 2. The number of hydrogen-bond donors (Lipinski definition) is 2. The highest BCUT2D eigenvalue weighted by Gasteiger charge is 2.25. The minimum absolute atomic E-state index is 0.660. The summed E-state index contributed by atoms with van der Waals surface area (Å²) in [6, 6.07) is 4.60. The van der Waals surface area contributed by atoms with Crippen LogP contribution < -0.4 is 10.6 Å². The van der Waals surface area contributed by atoms with Gasteiger partial charge in [-0.25, -0.2) is 4.98 Å². The number of rotatable bonds is 3. The van der Waals surface area contributed by atoms with Crippen LogP contribution in [0.4, 0.5) is 5.82 Å². The Balaban J connectivity index is 1.32. The Bertz CT molecular complexity index is 516. The number of aryl methyl sites for hydroxylation is 1. The fourth-order valence-corrected chi connectivity index (χ4v) is 4.41. The summed E-state index contributed by atoms with van der Waals surface area (Å²) < 4.78 is 0. The molecule has 0 aliphatic carbocycles. The van der Waals surface area contributed by atoms with Crippen molar-refractivity contribution in [2.45, 2.75) is 44.4 Å². The van der Waals surface area contributed by atoms with E-state index in [1.165, 1.54) is 82.5 Å². The van der Waals surface area contributed by atoms with Crippen LogP contribution in [0.3, 0.4) is 0 Å². The summed E-state index contributed by atoms with van der Waals surface area (Å²) in [6.45, 7) is 7.33. The Labute approximate surface area is 140 Å². The highest BCUT2D eigenvalue weighted by molar-refractivity contribution is 5.47. The lowest BCUT2D eigenvalue weighted by atomic mass is 9.90. The van der Waals surface area contributed by atoms with Gasteiger partial charge in [0, 0.05) is 24.7 Å². The number of nitrogens with zero attached hydrogens (tertiary/aromatic N) is 2. The molecule has 0 bridgehead atoms. The van der Waals surface area contributed by atoms with E-state index >= 15 is 0 Å². The molecule has 3 aliphatic rings. The van der Waals surface area contributed by atoms with E-state index in [1.54, 1.807) is 0 Å². The van der Waals surface area contributed by atoms with Gasteiger partial charge in [0.2, 0.25) is 0 Å². The van der Waals surface area contributed by atoms with Crippen molar-refractivity contribution in [2.75, 3.05) is 44.6 Å². The van der Waals surface area contributed by atoms with E-state index in [1.807, 2.05) is 0 Å². The molecule has 4 heteroatoms. The summed E-state index contributed by atoms with van der Waals surface area (Å²) in [5.41, 5.74) is 2.73. The third-order valence-electron chi connectivity index (χ3n) is 5.90. The highest BCUT2D eigenvalue weighted by Crippen LogP contribution is 2.30. The molecule has 3 aliphatic heterocycles. The lowest BCUT2D eigenvalue weighted by Gasteiger charge is -2.35. The normalized spacial score (nSPS) is 24.2. The van der Waals surface area contributed by atoms with Gasteiger partial charge < -0.3 is 15.5 Å². The summed E-state index contributed by atoms with van der Waals surface area (Å²) in [7, 11) is 0. The summed E-state index contributed by atoms with van der Waals surface area (Å²) in [6.07, 6.45) is 7.69. The van der Waals surface area contributed by atoms with Crippen LogP contribution in [0.5, 0.6) is 0 Å². The number of piperidine rings is 2. The maximum Gasteiger partial charge on any atom is 0.129 e. The van der Waals surface area contributed by atoms with Crippen molar-refractivity contribution in [1.29, 1.82) is 0 Å². The van der Waals surface area contributed by atoms with Crippen LogP contribution in [0.2, 0.25) is 0 Å². The highest BCUT2D eigenvalue weighted by atomic mass is 15.1. The zero-order chi connectivity index (χ0) is 15.5. The van der Waals surface area contributed by atoms with Crippen LogP contribution in [-0.2, 0) is 6.42 Å². The van der Waals surface area contributed by atoms with Gasteiger partial charge >= 0.3 is 0 Å². The average Bonchev–Trinajstić information content (AvgIpc) is 2.63. The lowest BCUT2D eigenvalue weighted by Crippen LogP contribution is -2.40.